The summed E-state index contributed by atoms with van der Waals surface area (Å²) in [6.45, 7) is 0. The molecule has 0 saturated carbocycles. The Labute approximate surface area is 160 Å². The van der Waals surface area contributed by atoms with Crippen molar-refractivity contribution in [2.24, 2.45) is 0 Å². The Morgan fingerprint density at radius 2 is 1.11 bits per heavy atom. The molecule has 0 aliphatic heterocycles. The number of hydrogen-bond donors (Lipinski definition) is 0. The van der Waals surface area contributed by atoms with Crippen LogP contribution in [0.4, 0.5) is 11.4 Å². The molecule has 0 spiro atoms. The highest BCUT2D eigenvalue weighted by atomic mass is 35.5. The molecule has 2 aromatic rings. The summed E-state index contributed by atoms with van der Waals surface area (Å²) in [5, 5.41) is 17.6. The number of nitro benzene ring substituents is 2. The van der Waals surface area contributed by atoms with Gasteiger partial charge in [-0.25, -0.2) is 8.42 Å². The van der Waals surface area contributed by atoms with Crippen LogP contribution in [0.1, 0.15) is 20.7 Å². The van der Waals surface area contributed by atoms with Gasteiger partial charge in [0.25, 0.3) is 31.4 Å². The van der Waals surface area contributed by atoms with E-state index in [1.807, 2.05) is 0 Å². The molecule has 2 rings (SSSR count). The van der Waals surface area contributed by atoms with Crippen LogP contribution in [0.2, 0.25) is 10.0 Å². The van der Waals surface area contributed by atoms with E-state index in [1.54, 1.807) is 0 Å². The Hall–Kier alpha value is -2.89. The lowest BCUT2D eigenvalue weighted by Gasteiger charge is -2.04. The van der Waals surface area contributed by atoms with Crippen LogP contribution in [0.3, 0.4) is 0 Å². The van der Waals surface area contributed by atoms with Crippen LogP contribution in [0.15, 0.2) is 36.4 Å². The molecule has 0 atom stereocenters. The summed E-state index contributed by atoms with van der Waals surface area (Å²) >= 11 is 11.2. The second-order valence-electron chi connectivity index (χ2n) is 4.92. The van der Waals surface area contributed by atoms with E-state index in [0.29, 0.717) is 12.1 Å². The SMILES string of the molecule is O=C(c1ccc(Cl)c([N+](=O)[O-])c1)S(=O)(=O)C(=O)c1ccc(Cl)c([N+](=O)[O-])c1. The topological polar surface area (TPSA) is 155 Å². The van der Waals surface area contributed by atoms with Gasteiger partial charge < -0.3 is 0 Å². The van der Waals surface area contributed by atoms with E-state index in [0.717, 1.165) is 24.3 Å². The Balaban J connectivity index is 2.49. The zero-order valence-corrected chi connectivity index (χ0v) is 15.1. The predicted molar refractivity (Wildman–Crippen MR) is 93.8 cm³/mol. The average molecular weight is 433 g/mol. The molecule has 140 valence electrons. The van der Waals surface area contributed by atoms with Gasteiger partial charge in [0.2, 0.25) is 0 Å². The molecule has 0 radical (unpaired) electrons. The Kier molecular flexibility index (Phi) is 5.59. The maximum Gasteiger partial charge on any atom is 0.288 e. The van der Waals surface area contributed by atoms with Gasteiger partial charge in [-0.3, -0.25) is 29.8 Å². The average Bonchev–Trinajstić information content (AvgIpc) is 2.60. The molecular formula is C14H6Cl2N2O8S. The molecule has 10 nitrogen and oxygen atoms in total. The molecule has 0 saturated heterocycles. The standard InChI is InChI=1S/C14H6Cl2N2O8S/c15-9-3-1-7(5-11(9)17(21)22)13(19)27(25,26)14(20)8-2-4-10(16)12(6-8)18(23)24/h1-6H. The van der Waals surface area contributed by atoms with Gasteiger partial charge >= 0.3 is 0 Å². The van der Waals surface area contributed by atoms with Gasteiger partial charge in [-0.05, 0) is 24.3 Å². The lowest BCUT2D eigenvalue weighted by atomic mass is 10.2. The third-order valence-corrected chi connectivity index (χ3v) is 5.33. The molecule has 27 heavy (non-hydrogen) atoms. The summed E-state index contributed by atoms with van der Waals surface area (Å²) in [6.07, 6.45) is 0. The first kappa shape index (κ1) is 20.4. The molecule has 0 heterocycles. The minimum Gasteiger partial charge on any atom is -0.275 e. The fourth-order valence-corrected chi connectivity index (χ4v) is 3.37. The molecular weight excluding hydrogens is 427 g/mol. The Morgan fingerprint density at radius 3 is 1.41 bits per heavy atom. The maximum absolute atomic E-state index is 12.3. The molecule has 0 aliphatic rings. The second-order valence-corrected chi connectivity index (χ2v) is 7.49. The number of halogens is 2. The van der Waals surface area contributed by atoms with Crippen molar-refractivity contribution in [1.29, 1.82) is 0 Å². The molecule has 2 aromatic carbocycles. The van der Waals surface area contributed by atoms with E-state index in [1.165, 1.54) is 0 Å². The molecule has 0 aliphatic carbocycles. The highest BCUT2D eigenvalue weighted by Crippen LogP contribution is 2.28. The smallest absolute Gasteiger partial charge is 0.275 e. The van der Waals surface area contributed by atoms with Gasteiger partial charge in [-0.15, -0.1) is 0 Å². The predicted octanol–water partition coefficient (Wildman–Crippen LogP) is 3.21. The first-order valence-corrected chi connectivity index (χ1v) is 8.92. The van der Waals surface area contributed by atoms with E-state index < -0.39 is 52.4 Å². The number of carbonyl (C=O) groups is 2. The fraction of sp³-hybridized carbons (Fsp3) is 0. The van der Waals surface area contributed by atoms with Gasteiger partial charge in [0, 0.05) is 23.3 Å². The first-order chi connectivity index (χ1) is 12.5. The van der Waals surface area contributed by atoms with Gasteiger partial charge in [0.15, 0.2) is 0 Å². The number of hydrogen-bond acceptors (Lipinski definition) is 8. The molecule has 0 bridgehead atoms. The molecule has 0 amide bonds. The first-order valence-electron chi connectivity index (χ1n) is 6.68. The minimum atomic E-state index is -5.16. The summed E-state index contributed by atoms with van der Waals surface area (Å²) in [4.78, 5) is 44.3. The summed E-state index contributed by atoms with van der Waals surface area (Å²) in [5.41, 5.74) is -2.79. The van der Waals surface area contributed by atoms with Crippen LogP contribution < -0.4 is 0 Å². The highest BCUT2D eigenvalue weighted by Gasteiger charge is 2.35. The number of rotatable bonds is 4. The van der Waals surface area contributed by atoms with Crippen molar-refractivity contribution in [3.8, 4) is 0 Å². The van der Waals surface area contributed by atoms with Crippen LogP contribution >= 0.6 is 23.2 Å². The molecule has 0 N–H and O–H groups in total. The number of benzene rings is 2. The largest absolute Gasteiger partial charge is 0.288 e. The summed E-state index contributed by atoms with van der Waals surface area (Å²) < 4.78 is 24.5. The van der Waals surface area contributed by atoms with Crippen LogP contribution in [0, 0.1) is 20.2 Å². The van der Waals surface area contributed by atoms with Crippen molar-refractivity contribution >= 4 is 54.6 Å². The van der Waals surface area contributed by atoms with E-state index >= 15 is 0 Å². The number of nitrogens with zero attached hydrogens (tertiary/aromatic N) is 2. The Bertz CT molecular complexity index is 1030. The lowest BCUT2D eigenvalue weighted by Crippen LogP contribution is -2.24. The quantitative estimate of drug-likeness (QED) is 0.526. The molecule has 13 heteroatoms. The third-order valence-electron chi connectivity index (χ3n) is 3.25. The van der Waals surface area contributed by atoms with Gasteiger partial charge in [-0.1, -0.05) is 23.2 Å². The maximum atomic E-state index is 12.3. The van der Waals surface area contributed by atoms with Gasteiger partial charge in [-0.2, -0.15) is 0 Å². The highest BCUT2D eigenvalue weighted by molar-refractivity contribution is 8.19. The van der Waals surface area contributed by atoms with Crippen molar-refractivity contribution in [2.75, 3.05) is 0 Å². The van der Waals surface area contributed by atoms with Crippen molar-refractivity contribution in [2.45, 2.75) is 0 Å². The van der Waals surface area contributed by atoms with E-state index in [2.05, 4.69) is 0 Å². The normalized spacial score (nSPS) is 11.0. The molecule has 0 fully saturated rings. The van der Waals surface area contributed by atoms with E-state index in [4.69, 9.17) is 23.2 Å². The number of nitro groups is 2. The fourth-order valence-electron chi connectivity index (χ4n) is 1.95. The monoisotopic (exact) mass is 432 g/mol. The summed E-state index contributed by atoms with van der Waals surface area (Å²) in [6, 6.07) is 4.87. The minimum absolute atomic E-state index is 0.339. The second kappa shape index (κ2) is 7.39. The van der Waals surface area contributed by atoms with E-state index in [9.17, 15) is 38.2 Å². The summed E-state index contributed by atoms with van der Waals surface area (Å²) in [7, 11) is -5.16. The van der Waals surface area contributed by atoms with Crippen LogP contribution in [0.25, 0.3) is 0 Å². The van der Waals surface area contributed by atoms with Crippen LogP contribution in [0.5, 0.6) is 0 Å². The lowest BCUT2D eigenvalue weighted by molar-refractivity contribution is -0.384. The number of sulfone groups is 1. The van der Waals surface area contributed by atoms with Crippen molar-refractivity contribution in [3.63, 3.8) is 0 Å². The van der Waals surface area contributed by atoms with Crippen molar-refractivity contribution in [3.05, 3.63) is 77.8 Å². The zero-order chi connectivity index (χ0) is 20.5. The van der Waals surface area contributed by atoms with Crippen molar-refractivity contribution < 1.29 is 27.9 Å². The Morgan fingerprint density at radius 1 is 0.778 bits per heavy atom. The summed E-state index contributed by atoms with van der Waals surface area (Å²) in [5.74, 6) is 0. The van der Waals surface area contributed by atoms with Gasteiger partial charge in [0.05, 0.1) is 9.85 Å². The number of carbonyl (C=O) groups excluding carboxylic acids is 2. The molecule has 0 aromatic heterocycles. The van der Waals surface area contributed by atoms with E-state index in [-0.39, 0.29) is 10.0 Å². The van der Waals surface area contributed by atoms with Gasteiger partial charge in [0.1, 0.15) is 10.0 Å². The molecule has 0 unspecified atom stereocenters. The van der Waals surface area contributed by atoms with Crippen LogP contribution in [-0.2, 0) is 9.84 Å². The van der Waals surface area contributed by atoms with Crippen LogP contribution in [-0.4, -0.2) is 28.5 Å². The van der Waals surface area contributed by atoms with Crippen molar-refractivity contribution in [1.82, 2.24) is 0 Å². The third kappa shape index (κ3) is 3.94. The zero-order valence-electron chi connectivity index (χ0n) is 12.8.